The molecule has 4 aromatic carbocycles. The van der Waals surface area contributed by atoms with E-state index in [1.807, 2.05) is 42.5 Å². The van der Waals surface area contributed by atoms with Crippen molar-refractivity contribution in [3.63, 3.8) is 0 Å². The van der Waals surface area contributed by atoms with Crippen molar-refractivity contribution < 1.29 is 18.6 Å². The second-order valence-corrected chi connectivity index (χ2v) is 9.05. The van der Waals surface area contributed by atoms with E-state index in [-0.39, 0.29) is 22.8 Å². The number of fused-ring (bicyclic) bond motifs is 1. The first-order chi connectivity index (χ1) is 15.3. The molecule has 4 aromatic rings. The zero-order valence-corrected chi connectivity index (χ0v) is 17.9. The van der Waals surface area contributed by atoms with Crippen molar-refractivity contribution in [2.24, 2.45) is 5.14 Å². The monoisotopic (exact) mass is 443 g/mol. The van der Waals surface area contributed by atoms with Crippen LogP contribution >= 0.6 is 0 Å². The normalized spacial score (nSPS) is 11.2. The van der Waals surface area contributed by atoms with Crippen molar-refractivity contribution >= 4 is 20.8 Å². The van der Waals surface area contributed by atoms with Crippen molar-refractivity contribution in [3.05, 3.63) is 101 Å². The minimum Gasteiger partial charge on any atom is -0.507 e. The summed E-state index contributed by atoms with van der Waals surface area (Å²) < 4.78 is 22.9. The Hall–Kier alpha value is -3.79. The topological polar surface area (TPSA) is 101 Å². The Morgan fingerprint density at radius 3 is 2.25 bits per heavy atom. The molecule has 0 aromatic heterocycles. The lowest BCUT2D eigenvalue weighted by molar-refractivity contribution is 0.445. The van der Waals surface area contributed by atoms with Crippen LogP contribution in [0.5, 0.6) is 11.5 Å². The molecule has 6 heteroatoms. The van der Waals surface area contributed by atoms with Gasteiger partial charge in [-0.1, -0.05) is 60.4 Å². The summed E-state index contributed by atoms with van der Waals surface area (Å²) in [6.07, 6.45) is 0.850. The molecule has 32 heavy (non-hydrogen) atoms. The highest BCUT2D eigenvalue weighted by molar-refractivity contribution is 7.89. The Morgan fingerprint density at radius 1 is 0.844 bits per heavy atom. The molecule has 160 valence electrons. The van der Waals surface area contributed by atoms with Gasteiger partial charge < -0.3 is 10.2 Å². The van der Waals surface area contributed by atoms with E-state index in [0.29, 0.717) is 22.8 Å². The Bertz CT molecular complexity index is 1450. The summed E-state index contributed by atoms with van der Waals surface area (Å²) in [7, 11) is -3.78. The second kappa shape index (κ2) is 8.75. The van der Waals surface area contributed by atoms with Gasteiger partial charge in [-0.3, -0.25) is 0 Å². The molecule has 0 heterocycles. The summed E-state index contributed by atoms with van der Waals surface area (Å²) in [4.78, 5) is 0.00641. The molecular weight excluding hydrogens is 422 g/mol. The van der Waals surface area contributed by atoms with E-state index in [1.54, 1.807) is 24.3 Å². The minimum atomic E-state index is -3.78. The van der Waals surface area contributed by atoms with Gasteiger partial charge in [-0.2, -0.15) is 0 Å². The molecule has 0 aliphatic rings. The highest BCUT2D eigenvalue weighted by Crippen LogP contribution is 2.37. The maximum absolute atomic E-state index is 11.4. The zero-order valence-electron chi connectivity index (χ0n) is 17.1. The van der Waals surface area contributed by atoms with Gasteiger partial charge in [-0.05, 0) is 46.8 Å². The van der Waals surface area contributed by atoms with Crippen LogP contribution < -0.4 is 5.14 Å². The van der Waals surface area contributed by atoms with Gasteiger partial charge in [0, 0.05) is 29.4 Å². The van der Waals surface area contributed by atoms with Gasteiger partial charge in [0.05, 0.1) is 4.90 Å². The number of hydrogen-bond donors (Lipinski definition) is 3. The fourth-order valence-corrected chi connectivity index (χ4v) is 4.02. The Labute approximate surface area is 186 Å². The number of phenols is 2. The highest BCUT2D eigenvalue weighted by Gasteiger charge is 2.14. The van der Waals surface area contributed by atoms with E-state index in [1.165, 1.54) is 12.1 Å². The third-order valence-electron chi connectivity index (χ3n) is 5.20. The average Bonchev–Trinajstić information content (AvgIpc) is 2.77. The lowest BCUT2D eigenvalue weighted by atomic mass is 9.97. The van der Waals surface area contributed by atoms with Crippen LogP contribution in [0.1, 0.15) is 22.3 Å². The first kappa shape index (κ1) is 21.4. The first-order valence-electron chi connectivity index (χ1n) is 9.93. The Kier molecular flexibility index (Phi) is 5.87. The van der Waals surface area contributed by atoms with E-state index >= 15 is 0 Å². The minimum absolute atomic E-state index is 0.00641. The van der Waals surface area contributed by atoms with Crippen molar-refractivity contribution in [1.82, 2.24) is 0 Å². The van der Waals surface area contributed by atoms with Gasteiger partial charge in [-0.25, -0.2) is 13.6 Å². The molecule has 0 saturated carbocycles. The van der Waals surface area contributed by atoms with E-state index in [2.05, 4.69) is 11.8 Å². The number of phenolic OH excluding ortho intramolecular Hbond substituents is 2. The van der Waals surface area contributed by atoms with Gasteiger partial charge in [-0.15, -0.1) is 0 Å². The van der Waals surface area contributed by atoms with E-state index in [4.69, 9.17) is 5.14 Å². The highest BCUT2D eigenvalue weighted by atomic mass is 32.2. The van der Waals surface area contributed by atoms with Gasteiger partial charge in [0.25, 0.3) is 0 Å². The van der Waals surface area contributed by atoms with E-state index in [9.17, 15) is 18.6 Å². The predicted molar refractivity (Wildman–Crippen MR) is 125 cm³/mol. The second-order valence-electron chi connectivity index (χ2n) is 7.49. The lowest BCUT2D eigenvalue weighted by Gasteiger charge is -2.11. The fourth-order valence-electron chi connectivity index (χ4n) is 3.50. The van der Waals surface area contributed by atoms with Gasteiger partial charge in [0.2, 0.25) is 10.0 Å². The number of hydrogen-bond acceptors (Lipinski definition) is 4. The molecule has 5 nitrogen and oxygen atoms in total. The third-order valence-corrected chi connectivity index (χ3v) is 6.13. The van der Waals surface area contributed by atoms with Crippen LogP contribution in [0, 0.1) is 11.8 Å². The number of sulfonamides is 1. The number of benzene rings is 4. The van der Waals surface area contributed by atoms with Crippen LogP contribution in [0.25, 0.3) is 10.8 Å². The summed E-state index contributed by atoms with van der Waals surface area (Å²) in [5, 5.41) is 27.8. The molecule has 0 saturated heterocycles. The van der Waals surface area contributed by atoms with Crippen molar-refractivity contribution in [2.75, 3.05) is 0 Å². The standard InChI is InChI=1S/C26H21NO4S/c27-32(30,31)22-13-10-20(11-14-22)16-24-25(28)17-21-12-9-19(15-23(21)26(24)29)8-4-7-18-5-2-1-3-6-18/h1-3,5-6,9-15,17,28-29H,7,16H2,(H2,27,30,31). The quantitative estimate of drug-likeness (QED) is 0.414. The molecule has 0 bridgehead atoms. The van der Waals surface area contributed by atoms with E-state index in [0.717, 1.165) is 16.7 Å². The Balaban J connectivity index is 1.64. The van der Waals surface area contributed by atoms with Crippen molar-refractivity contribution in [2.45, 2.75) is 17.7 Å². The van der Waals surface area contributed by atoms with Gasteiger partial charge in [0.1, 0.15) is 11.5 Å². The molecule has 0 aliphatic heterocycles. The van der Waals surface area contributed by atoms with Crippen LogP contribution in [0.4, 0.5) is 0 Å². The summed E-state index contributed by atoms with van der Waals surface area (Å²) in [5.74, 6) is 6.21. The molecule has 0 aliphatic carbocycles. The molecule has 0 radical (unpaired) electrons. The number of aromatic hydroxyl groups is 2. The molecule has 0 fully saturated rings. The largest absolute Gasteiger partial charge is 0.507 e. The molecule has 0 atom stereocenters. The number of rotatable bonds is 4. The SMILES string of the molecule is NS(=O)(=O)c1ccc(Cc2c(O)cc3ccc(C#CCc4ccccc4)cc3c2O)cc1. The lowest BCUT2D eigenvalue weighted by Crippen LogP contribution is -2.11. The third kappa shape index (κ3) is 4.75. The Morgan fingerprint density at radius 2 is 1.56 bits per heavy atom. The van der Waals surface area contributed by atoms with Gasteiger partial charge >= 0.3 is 0 Å². The van der Waals surface area contributed by atoms with Gasteiger partial charge in [0.15, 0.2) is 0 Å². The van der Waals surface area contributed by atoms with Crippen molar-refractivity contribution in [1.29, 1.82) is 0 Å². The van der Waals surface area contributed by atoms with Crippen molar-refractivity contribution in [3.8, 4) is 23.3 Å². The van der Waals surface area contributed by atoms with Crippen LogP contribution in [-0.2, 0) is 22.9 Å². The summed E-state index contributed by atoms with van der Waals surface area (Å²) in [6.45, 7) is 0. The fraction of sp³-hybridized carbons (Fsp3) is 0.0769. The zero-order chi connectivity index (χ0) is 22.7. The first-order valence-corrected chi connectivity index (χ1v) is 11.5. The van der Waals surface area contributed by atoms with E-state index < -0.39 is 10.0 Å². The maximum Gasteiger partial charge on any atom is 0.238 e. The summed E-state index contributed by atoms with van der Waals surface area (Å²) in [6, 6.07) is 23.0. The van der Waals surface area contributed by atoms with Crippen LogP contribution in [0.2, 0.25) is 0 Å². The average molecular weight is 444 g/mol. The van der Waals surface area contributed by atoms with Crippen LogP contribution in [0.15, 0.2) is 83.8 Å². The number of nitrogens with two attached hydrogens (primary N) is 1. The predicted octanol–water partition coefficient (Wildman–Crippen LogP) is 4.08. The molecule has 4 N–H and O–H groups in total. The van der Waals surface area contributed by atoms with Crippen LogP contribution in [0.3, 0.4) is 0 Å². The molecule has 0 amide bonds. The molecule has 0 spiro atoms. The maximum atomic E-state index is 11.4. The summed E-state index contributed by atoms with van der Waals surface area (Å²) >= 11 is 0. The molecule has 0 unspecified atom stereocenters. The smallest absolute Gasteiger partial charge is 0.238 e. The molecular formula is C26H21NO4S. The number of primary sulfonamides is 1. The van der Waals surface area contributed by atoms with Crippen LogP contribution in [-0.4, -0.2) is 18.6 Å². The summed E-state index contributed by atoms with van der Waals surface area (Å²) in [5.41, 5.74) is 2.97. The molecule has 4 rings (SSSR count).